The number of aryl methyl sites for hydroxylation is 1. The van der Waals surface area contributed by atoms with Crippen molar-refractivity contribution in [3.8, 4) is 17.2 Å². The van der Waals surface area contributed by atoms with E-state index in [0.717, 1.165) is 52.1 Å². The van der Waals surface area contributed by atoms with Crippen LogP contribution >= 0.6 is 0 Å². The Morgan fingerprint density at radius 3 is 2.75 bits per heavy atom. The highest BCUT2D eigenvalue weighted by atomic mass is 19.1. The molecule has 0 atom stereocenters. The Morgan fingerprint density at radius 1 is 1.11 bits per heavy atom. The number of hydrogen-bond donors (Lipinski definition) is 0. The molecule has 0 saturated heterocycles. The van der Waals surface area contributed by atoms with Gasteiger partial charge in [-0.15, -0.1) is 0 Å². The second-order valence-electron chi connectivity index (χ2n) is 9.14. The summed E-state index contributed by atoms with van der Waals surface area (Å²) >= 11 is 0. The van der Waals surface area contributed by atoms with E-state index in [4.69, 9.17) is 14.2 Å². The maximum absolute atomic E-state index is 13.3. The Kier molecular flexibility index (Phi) is 5.49. The molecule has 6 nitrogen and oxygen atoms in total. The van der Waals surface area contributed by atoms with Gasteiger partial charge in [0.2, 0.25) is 5.78 Å². The van der Waals surface area contributed by atoms with Crippen molar-refractivity contribution in [2.24, 2.45) is 7.05 Å². The molecule has 0 aliphatic carbocycles. The molecule has 36 heavy (non-hydrogen) atoms. The maximum Gasteiger partial charge on any atom is 0.231 e. The van der Waals surface area contributed by atoms with Gasteiger partial charge < -0.3 is 18.8 Å². The summed E-state index contributed by atoms with van der Waals surface area (Å²) in [7, 11) is 3.60. The van der Waals surface area contributed by atoms with Gasteiger partial charge in [0.15, 0.2) is 5.76 Å². The number of allylic oxidation sites excluding steroid dienone is 1. The van der Waals surface area contributed by atoms with Gasteiger partial charge in [0.05, 0.1) is 18.2 Å². The van der Waals surface area contributed by atoms with Crippen LogP contribution in [0.2, 0.25) is 0 Å². The molecule has 3 heterocycles. The number of carbonyl (C=O) groups excluding carboxylic acids is 1. The molecule has 0 fully saturated rings. The van der Waals surface area contributed by atoms with Crippen molar-refractivity contribution >= 4 is 22.8 Å². The number of carbonyl (C=O) groups is 1. The molecular weight excluding hydrogens is 459 g/mol. The van der Waals surface area contributed by atoms with E-state index < -0.39 is 0 Å². The van der Waals surface area contributed by atoms with Crippen LogP contribution in [0.15, 0.2) is 66.6 Å². The predicted molar refractivity (Wildman–Crippen MR) is 135 cm³/mol. The maximum atomic E-state index is 13.3. The highest BCUT2D eigenvalue weighted by molar-refractivity contribution is 6.15. The quantitative estimate of drug-likeness (QED) is 0.358. The number of nitrogens with zero attached hydrogens (tertiary/aromatic N) is 2. The molecule has 182 valence electrons. The summed E-state index contributed by atoms with van der Waals surface area (Å²) in [6, 6.07) is 16.0. The van der Waals surface area contributed by atoms with Crippen LogP contribution in [0.25, 0.3) is 17.0 Å². The van der Waals surface area contributed by atoms with Crippen molar-refractivity contribution in [3.05, 3.63) is 94.6 Å². The highest BCUT2D eigenvalue weighted by Gasteiger charge is 2.33. The predicted octanol–water partition coefficient (Wildman–Crippen LogP) is 5.34. The van der Waals surface area contributed by atoms with Gasteiger partial charge in [-0.05, 0) is 60.5 Å². The second-order valence-corrected chi connectivity index (χ2v) is 9.14. The first-order chi connectivity index (χ1) is 17.5. The molecule has 2 aliphatic rings. The van der Waals surface area contributed by atoms with Crippen LogP contribution < -0.4 is 14.2 Å². The number of benzene rings is 3. The van der Waals surface area contributed by atoms with E-state index in [-0.39, 0.29) is 17.4 Å². The molecule has 7 heteroatoms. The van der Waals surface area contributed by atoms with Gasteiger partial charge >= 0.3 is 0 Å². The minimum absolute atomic E-state index is 0.142. The lowest BCUT2D eigenvalue weighted by atomic mass is 10.0. The number of hydrogen-bond acceptors (Lipinski definition) is 5. The number of Topliss-reactive ketones (excluding diaryl/α,β-unsaturated/α-hetero) is 1. The molecule has 6 rings (SSSR count). The third kappa shape index (κ3) is 3.91. The summed E-state index contributed by atoms with van der Waals surface area (Å²) in [6.07, 6.45) is 4.54. The zero-order chi connectivity index (χ0) is 24.8. The zero-order valence-electron chi connectivity index (χ0n) is 20.1. The molecule has 0 N–H and O–H groups in total. The molecular formula is C29H25FN2O4. The van der Waals surface area contributed by atoms with Crippen LogP contribution in [0, 0.1) is 5.82 Å². The summed E-state index contributed by atoms with van der Waals surface area (Å²) in [5.41, 5.74) is 4.39. The summed E-state index contributed by atoms with van der Waals surface area (Å²) in [4.78, 5) is 15.4. The van der Waals surface area contributed by atoms with Gasteiger partial charge in [-0.3, -0.25) is 9.69 Å². The Bertz CT molecular complexity index is 1520. The van der Waals surface area contributed by atoms with E-state index in [1.807, 2.05) is 42.1 Å². The van der Waals surface area contributed by atoms with Crippen molar-refractivity contribution in [3.63, 3.8) is 0 Å². The van der Waals surface area contributed by atoms with Gasteiger partial charge in [0.25, 0.3) is 0 Å². The summed E-state index contributed by atoms with van der Waals surface area (Å²) < 4.78 is 32.8. The molecule has 0 unspecified atom stereocenters. The monoisotopic (exact) mass is 484 g/mol. The van der Waals surface area contributed by atoms with E-state index in [0.29, 0.717) is 24.6 Å². The Morgan fingerprint density at radius 2 is 1.94 bits per heavy atom. The normalized spacial score (nSPS) is 16.1. The van der Waals surface area contributed by atoms with Gasteiger partial charge in [0, 0.05) is 42.8 Å². The largest absolute Gasteiger partial charge is 0.497 e. The first kappa shape index (κ1) is 22.4. The van der Waals surface area contributed by atoms with Gasteiger partial charge in [-0.1, -0.05) is 12.1 Å². The molecule has 2 aliphatic heterocycles. The summed E-state index contributed by atoms with van der Waals surface area (Å²) in [5.74, 6) is 1.96. The number of aromatic nitrogens is 1. The van der Waals surface area contributed by atoms with E-state index >= 15 is 0 Å². The minimum atomic E-state index is -0.238. The standard InChI is InChI=1S/C29H25FN2O4/c1-31-15-19(23-14-21(34-2)7-9-25(23)31)13-27-28(33)22-8-10-26-24(29(22)36-27)16-32(17-35-26)12-11-18-3-5-20(30)6-4-18/h3-10,13-15H,11-12,16-17H2,1-2H3/b27-13-. The number of halogens is 1. The third-order valence-electron chi connectivity index (χ3n) is 6.83. The van der Waals surface area contributed by atoms with Crippen LogP contribution in [-0.4, -0.2) is 35.6 Å². The lowest BCUT2D eigenvalue weighted by molar-refractivity contribution is 0.0949. The molecule has 0 radical (unpaired) electrons. The average Bonchev–Trinajstić information content (AvgIpc) is 3.39. The number of rotatable bonds is 5. The molecule has 0 amide bonds. The van der Waals surface area contributed by atoms with Crippen molar-refractivity contribution in [2.45, 2.75) is 13.0 Å². The Labute approximate surface area is 208 Å². The number of fused-ring (bicyclic) bond motifs is 4. The SMILES string of the molecule is COc1ccc2c(c1)c(/C=C1\Oc3c(ccc4c3CN(CCc3ccc(F)cc3)CO4)C1=O)cn2C. The Hall–Kier alpha value is -4.10. The highest BCUT2D eigenvalue weighted by Crippen LogP contribution is 2.42. The van der Waals surface area contributed by atoms with Crippen LogP contribution in [0.5, 0.6) is 17.2 Å². The van der Waals surface area contributed by atoms with E-state index in [1.165, 1.54) is 12.1 Å². The van der Waals surface area contributed by atoms with Crippen LogP contribution in [0.1, 0.15) is 27.0 Å². The van der Waals surface area contributed by atoms with Crippen molar-refractivity contribution < 1.29 is 23.4 Å². The van der Waals surface area contributed by atoms with Crippen LogP contribution in [0.4, 0.5) is 4.39 Å². The smallest absolute Gasteiger partial charge is 0.231 e. The van der Waals surface area contributed by atoms with E-state index in [1.54, 1.807) is 31.4 Å². The second kappa shape index (κ2) is 8.84. The fraction of sp³-hybridized carbons (Fsp3) is 0.207. The molecule has 0 bridgehead atoms. The molecule has 4 aromatic rings. The average molecular weight is 485 g/mol. The first-order valence-electron chi connectivity index (χ1n) is 11.8. The number of ketones is 1. The molecule has 1 aromatic heterocycles. The minimum Gasteiger partial charge on any atom is -0.497 e. The summed E-state index contributed by atoms with van der Waals surface area (Å²) in [5, 5.41) is 0.981. The van der Waals surface area contributed by atoms with Crippen molar-refractivity contribution in [2.75, 3.05) is 20.4 Å². The van der Waals surface area contributed by atoms with Crippen LogP contribution in [-0.2, 0) is 20.0 Å². The molecule has 0 spiro atoms. The lowest BCUT2D eigenvalue weighted by Gasteiger charge is -2.29. The fourth-order valence-corrected chi connectivity index (χ4v) is 4.87. The van der Waals surface area contributed by atoms with Crippen molar-refractivity contribution in [1.29, 1.82) is 0 Å². The fourth-order valence-electron chi connectivity index (χ4n) is 4.87. The topological polar surface area (TPSA) is 52.9 Å². The zero-order valence-corrected chi connectivity index (χ0v) is 20.1. The third-order valence-corrected chi connectivity index (χ3v) is 6.83. The first-order valence-corrected chi connectivity index (χ1v) is 11.8. The van der Waals surface area contributed by atoms with E-state index in [2.05, 4.69) is 4.90 Å². The molecule has 0 saturated carbocycles. The van der Waals surface area contributed by atoms with E-state index in [9.17, 15) is 9.18 Å². The lowest BCUT2D eigenvalue weighted by Crippen LogP contribution is -2.33. The summed E-state index contributed by atoms with van der Waals surface area (Å²) in [6.45, 7) is 1.79. The number of ether oxygens (including phenoxy) is 3. The molecule has 3 aromatic carbocycles. The van der Waals surface area contributed by atoms with Gasteiger partial charge in [0.1, 0.15) is 29.8 Å². The van der Waals surface area contributed by atoms with Gasteiger partial charge in [-0.25, -0.2) is 4.39 Å². The van der Waals surface area contributed by atoms with Crippen LogP contribution in [0.3, 0.4) is 0 Å². The van der Waals surface area contributed by atoms with Crippen molar-refractivity contribution in [1.82, 2.24) is 9.47 Å². The Balaban J connectivity index is 1.27. The number of methoxy groups -OCH3 is 1. The van der Waals surface area contributed by atoms with Gasteiger partial charge in [-0.2, -0.15) is 0 Å².